The van der Waals surface area contributed by atoms with E-state index in [-0.39, 0.29) is 12.1 Å². The van der Waals surface area contributed by atoms with Gasteiger partial charge in [-0.25, -0.2) is 4.79 Å². The first-order valence-electron chi connectivity index (χ1n) is 7.28. The first-order valence-corrected chi connectivity index (χ1v) is 7.28. The number of urea groups is 1. The molecule has 0 aliphatic carbocycles. The molecule has 0 saturated carbocycles. The van der Waals surface area contributed by atoms with E-state index in [1.807, 2.05) is 32.0 Å². The lowest BCUT2D eigenvalue weighted by molar-refractivity contribution is 0.249. The van der Waals surface area contributed by atoms with Gasteiger partial charge in [0.1, 0.15) is 5.75 Å². The molecule has 0 fully saturated rings. The number of benzene rings is 1. The van der Waals surface area contributed by atoms with Gasteiger partial charge in [0.05, 0.1) is 30.0 Å². The van der Waals surface area contributed by atoms with Crippen LogP contribution in [-0.2, 0) is 0 Å². The summed E-state index contributed by atoms with van der Waals surface area (Å²) in [5.41, 5.74) is 1.81. The van der Waals surface area contributed by atoms with E-state index in [4.69, 9.17) is 10.00 Å². The number of amides is 2. The van der Waals surface area contributed by atoms with Crippen molar-refractivity contribution in [3.05, 3.63) is 53.9 Å². The van der Waals surface area contributed by atoms with Crippen LogP contribution in [-0.4, -0.2) is 17.6 Å². The number of carbonyl (C=O) groups excluding carboxylic acids is 1. The normalized spacial score (nSPS) is 11.2. The Morgan fingerprint density at radius 2 is 2.26 bits per heavy atom. The number of pyridine rings is 1. The van der Waals surface area contributed by atoms with Crippen LogP contribution in [0.2, 0.25) is 0 Å². The van der Waals surface area contributed by atoms with Crippen LogP contribution < -0.4 is 15.4 Å². The van der Waals surface area contributed by atoms with Crippen LogP contribution in [0.15, 0.2) is 42.7 Å². The Morgan fingerprint density at radius 1 is 1.43 bits per heavy atom. The van der Waals surface area contributed by atoms with E-state index in [1.165, 1.54) is 0 Å². The standard InChI is InChI=1S/C17H18N4O2/c1-3-23-16-7-6-13(10-18)9-15(16)21-17(22)20-12(2)14-5-4-8-19-11-14/h4-9,11-12H,3H2,1-2H3,(H2,20,21,22). The van der Waals surface area contributed by atoms with Crippen molar-refractivity contribution in [2.45, 2.75) is 19.9 Å². The Kier molecular flexibility index (Phi) is 5.53. The average molecular weight is 310 g/mol. The molecule has 1 heterocycles. The number of carbonyl (C=O) groups is 1. The number of rotatable bonds is 5. The lowest BCUT2D eigenvalue weighted by Crippen LogP contribution is -2.31. The van der Waals surface area contributed by atoms with Crippen molar-refractivity contribution in [3.8, 4) is 11.8 Å². The van der Waals surface area contributed by atoms with Crippen LogP contribution >= 0.6 is 0 Å². The first kappa shape index (κ1) is 16.3. The molecule has 2 N–H and O–H groups in total. The highest BCUT2D eigenvalue weighted by Crippen LogP contribution is 2.25. The highest BCUT2D eigenvalue weighted by Gasteiger charge is 2.12. The summed E-state index contributed by atoms with van der Waals surface area (Å²) in [5, 5.41) is 14.5. The Balaban J connectivity index is 2.09. The molecule has 1 aromatic carbocycles. The average Bonchev–Trinajstić information content (AvgIpc) is 2.57. The summed E-state index contributed by atoms with van der Waals surface area (Å²) in [7, 11) is 0. The lowest BCUT2D eigenvalue weighted by Gasteiger charge is -2.16. The molecule has 2 aromatic rings. The number of nitriles is 1. The number of ether oxygens (including phenoxy) is 1. The predicted octanol–water partition coefficient (Wildman–Crippen LogP) is 3.23. The van der Waals surface area contributed by atoms with Crippen molar-refractivity contribution in [2.75, 3.05) is 11.9 Å². The smallest absolute Gasteiger partial charge is 0.319 e. The fraction of sp³-hybridized carbons (Fsp3) is 0.235. The van der Waals surface area contributed by atoms with Crippen molar-refractivity contribution in [3.63, 3.8) is 0 Å². The summed E-state index contributed by atoms with van der Waals surface area (Å²) in [5.74, 6) is 0.524. The molecule has 23 heavy (non-hydrogen) atoms. The molecule has 6 heteroatoms. The second kappa shape index (κ2) is 7.80. The summed E-state index contributed by atoms with van der Waals surface area (Å²) in [6, 6.07) is 10.1. The molecule has 0 aliphatic rings. The van der Waals surface area contributed by atoms with E-state index in [2.05, 4.69) is 15.6 Å². The topological polar surface area (TPSA) is 87.0 Å². The molecule has 1 atom stereocenters. The zero-order chi connectivity index (χ0) is 16.7. The maximum absolute atomic E-state index is 12.2. The highest BCUT2D eigenvalue weighted by molar-refractivity contribution is 5.91. The van der Waals surface area contributed by atoms with E-state index in [1.54, 1.807) is 30.6 Å². The number of aromatic nitrogens is 1. The lowest BCUT2D eigenvalue weighted by atomic mass is 10.1. The number of hydrogen-bond acceptors (Lipinski definition) is 4. The van der Waals surface area contributed by atoms with Gasteiger partial charge in [0.2, 0.25) is 0 Å². The van der Waals surface area contributed by atoms with Gasteiger partial charge in [-0.1, -0.05) is 6.07 Å². The molecule has 2 rings (SSSR count). The van der Waals surface area contributed by atoms with Gasteiger partial charge in [0, 0.05) is 12.4 Å². The molecule has 118 valence electrons. The summed E-state index contributed by atoms with van der Waals surface area (Å²) >= 11 is 0. The molecule has 0 spiro atoms. The van der Waals surface area contributed by atoms with Crippen molar-refractivity contribution >= 4 is 11.7 Å². The second-order valence-corrected chi connectivity index (χ2v) is 4.86. The van der Waals surface area contributed by atoms with Gasteiger partial charge in [0.15, 0.2) is 0 Å². The molecule has 0 radical (unpaired) electrons. The van der Waals surface area contributed by atoms with Crippen LogP contribution in [0, 0.1) is 11.3 Å². The molecule has 0 saturated heterocycles. The van der Waals surface area contributed by atoms with E-state index < -0.39 is 0 Å². The van der Waals surface area contributed by atoms with Gasteiger partial charge in [-0.2, -0.15) is 5.26 Å². The van der Waals surface area contributed by atoms with Gasteiger partial charge in [-0.05, 0) is 43.7 Å². The zero-order valence-corrected chi connectivity index (χ0v) is 13.0. The number of nitrogens with zero attached hydrogens (tertiary/aromatic N) is 2. The Bertz CT molecular complexity index is 710. The molecule has 0 bridgehead atoms. The van der Waals surface area contributed by atoms with Gasteiger partial charge in [0.25, 0.3) is 0 Å². The van der Waals surface area contributed by atoms with Crippen molar-refractivity contribution in [2.24, 2.45) is 0 Å². The van der Waals surface area contributed by atoms with Crippen LogP contribution in [0.25, 0.3) is 0 Å². The van der Waals surface area contributed by atoms with Crippen LogP contribution in [0.3, 0.4) is 0 Å². The second-order valence-electron chi connectivity index (χ2n) is 4.86. The summed E-state index contributed by atoms with van der Waals surface area (Å²) in [6.45, 7) is 4.19. The number of nitrogens with one attached hydrogen (secondary N) is 2. The fourth-order valence-corrected chi connectivity index (χ4v) is 2.05. The van der Waals surface area contributed by atoms with Gasteiger partial charge in [-0.3, -0.25) is 4.98 Å². The summed E-state index contributed by atoms with van der Waals surface area (Å²) in [4.78, 5) is 16.2. The maximum Gasteiger partial charge on any atom is 0.319 e. The first-order chi connectivity index (χ1) is 11.1. The zero-order valence-electron chi connectivity index (χ0n) is 13.0. The van der Waals surface area contributed by atoms with Crippen LogP contribution in [0.4, 0.5) is 10.5 Å². The van der Waals surface area contributed by atoms with Crippen molar-refractivity contribution < 1.29 is 9.53 Å². The van der Waals surface area contributed by atoms with Gasteiger partial charge in [-0.15, -0.1) is 0 Å². The highest BCUT2D eigenvalue weighted by atomic mass is 16.5. The molecular formula is C17H18N4O2. The van der Waals surface area contributed by atoms with Gasteiger partial charge >= 0.3 is 6.03 Å². The minimum Gasteiger partial charge on any atom is -0.492 e. The quantitative estimate of drug-likeness (QED) is 0.887. The minimum atomic E-state index is -0.377. The monoisotopic (exact) mass is 310 g/mol. The molecule has 6 nitrogen and oxygen atoms in total. The minimum absolute atomic E-state index is 0.196. The van der Waals surface area contributed by atoms with Gasteiger partial charge < -0.3 is 15.4 Å². The molecular weight excluding hydrogens is 292 g/mol. The van der Waals surface area contributed by atoms with E-state index in [9.17, 15) is 4.79 Å². The van der Waals surface area contributed by atoms with E-state index >= 15 is 0 Å². The molecule has 0 aliphatic heterocycles. The third-order valence-electron chi connectivity index (χ3n) is 3.19. The number of hydrogen-bond donors (Lipinski definition) is 2. The van der Waals surface area contributed by atoms with Crippen molar-refractivity contribution in [1.29, 1.82) is 5.26 Å². The Morgan fingerprint density at radius 3 is 2.91 bits per heavy atom. The third-order valence-corrected chi connectivity index (χ3v) is 3.19. The predicted molar refractivity (Wildman–Crippen MR) is 87.1 cm³/mol. The Labute approximate surface area is 135 Å². The SMILES string of the molecule is CCOc1ccc(C#N)cc1NC(=O)NC(C)c1cccnc1. The van der Waals surface area contributed by atoms with Crippen LogP contribution in [0.5, 0.6) is 5.75 Å². The Hall–Kier alpha value is -3.07. The maximum atomic E-state index is 12.2. The fourth-order valence-electron chi connectivity index (χ4n) is 2.05. The van der Waals surface area contributed by atoms with E-state index in [0.717, 1.165) is 5.56 Å². The van der Waals surface area contributed by atoms with Crippen molar-refractivity contribution in [1.82, 2.24) is 10.3 Å². The molecule has 1 unspecified atom stereocenters. The summed E-state index contributed by atoms with van der Waals surface area (Å²) in [6.07, 6.45) is 3.38. The third kappa shape index (κ3) is 4.45. The van der Waals surface area contributed by atoms with E-state index in [0.29, 0.717) is 23.6 Å². The molecule has 2 amide bonds. The summed E-state index contributed by atoms with van der Waals surface area (Å²) < 4.78 is 5.47. The van der Waals surface area contributed by atoms with Crippen LogP contribution in [0.1, 0.15) is 31.0 Å². The molecule has 1 aromatic heterocycles. The number of anilines is 1. The largest absolute Gasteiger partial charge is 0.492 e.